The average Bonchev–Trinajstić information content (AvgIpc) is 3.00. The van der Waals surface area contributed by atoms with E-state index in [1.54, 1.807) is 13.0 Å². The second-order valence-electron chi connectivity index (χ2n) is 6.21. The molecule has 0 unspecified atom stereocenters. The van der Waals surface area contributed by atoms with Gasteiger partial charge in [-0.2, -0.15) is 0 Å². The van der Waals surface area contributed by atoms with Crippen molar-refractivity contribution in [3.63, 3.8) is 0 Å². The molecular formula is C17H22N4O2. The van der Waals surface area contributed by atoms with Gasteiger partial charge in [0, 0.05) is 31.9 Å². The Bertz CT molecular complexity index is 657. The Morgan fingerprint density at radius 3 is 2.78 bits per heavy atom. The summed E-state index contributed by atoms with van der Waals surface area (Å²) in [5.74, 6) is 1.78. The average molecular weight is 314 g/mol. The van der Waals surface area contributed by atoms with Gasteiger partial charge in [-0.3, -0.25) is 4.79 Å². The fraction of sp³-hybridized carbons (Fsp3) is 0.471. The molecule has 3 heterocycles. The molecule has 6 nitrogen and oxygen atoms in total. The third-order valence-corrected chi connectivity index (χ3v) is 4.22. The summed E-state index contributed by atoms with van der Waals surface area (Å²) in [4.78, 5) is 18.7. The van der Waals surface area contributed by atoms with Crippen molar-refractivity contribution in [3.05, 3.63) is 41.4 Å². The van der Waals surface area contributed by atoms with Gasteiger partial charge < -0.3 is 14.7 Å². The van der Waals surface area contributed by atoms with E-state index in [2.05, 4.69) is 27.3 Å². The normalized spacial score (nSPS) is 15.7. The second-order valence-corrected chi connectivity index (χ2v) is 6.21. The van der Waals surface area contributed by atoms with Crippen LogP contribution in [0.25, 0.3) is 0 Å². The standard InChI is InChI=1S/C17H22N4O2/c1-12-5-7-21(8-6-12)16-4-3-14(10-18-16)11-19-17(22)15-9-13(2)20-23-15/h3-4,9-10,12H,5-8,11H2,1-2H3,(H,19,22). The topological polar surface area (TPSA) is 71.3 Å². The number of aromatic nitrogens is 2. The number of nitrogens with one attached hydrogen (secondary N) is 1. The van der Waals surface area contributed by atoms with Crippen molar-refractivity contribution in [3.8, 4) is 0 Å². The van der Waals surface area contributed by atoms with E-state index in [0.29, 0.717) is 12.2 Å². The molecule has 1 fully saturated rings. The Balaban J connectivity index is 1.54. The highest BCUT2D eigenvalue weighted by Gasteiger charge is 2.17. The highest BCUT2D eigenvalue weighted by molar-refractivity contribution is 5.91. The van der Waals surface area contributed by atoms with Crippen LogP contribution in [0.1, 0.15) is 41.6 Å². The van der Waals surface area contributed by atoms with Gasteiger partial charge in [0.2, 0.25) is 5.76 Å². The van der Waals surface area contributed by atoms with Gasteiger partial charge >= 0.3 is 0 Å². The molecule has 2 aromatic rings. The van der Waals surface area contributed by atoms with E-state index in [0.717, 1.165) is 30.4 Å². The molecule has 23 heavy (non-hydrogen) atoms. The molecule has 3 rings (SSSR count). The van der Waals surface area contributed by atoms with E-state index in [1.165, 1.54) is 12.8 Å². The molecule has 122 valence electrons. The number of piperidine rings is 1. The molecule has 1 N–H and O–H groups in total. The maximum atomic E-state index is 11.9. The Kier molecular flexibility index (Phi) is 4.60. The molecule has 1 saturated heterocycles. The molecule has 0 bridgehead atoms. The minimum Gasteiger partial charge on any atom is -0.357 e. The minimum absolute atomic E-state index is 0.231. The molecule has 0 atom stereocenters. The van der Waals surface area contributed by atoms with E-state index in [1.807, 2.05) is 18.3 Å². The van der Waals surface area contributed by atoms with Crippen molar-refractivity contribution in [1.29, 1.82) is 0 Å². The molecule has 6 heteroatoms. The molecule has 1 amide bonds. The van der Waals surface area contributed by atoms with Crippen molar-refractivity contribution in [2.45, 2.75) is 33.2 Å². The summed E-state index contributed by atoms with van der Waals surface area (Å²) in [6.07, 6.45) is 4.26. The van der Waals surface area contributed by atoms with E-state index >= 15 is 0 Å². The van der Waals surface area contributed by atoms with Gasteiger partial charge in [0.05, 0.1) is 5.69 Å². The number of anilines is 1. The first kappa shape index (κ1) is 15.5. The maximum absolute atomic E-state index is 11.9. The number of amides is 1. The van der Waals surface area contributed by atoms with Gasteiger partial charge in [-0.15, -0.1) is 0 Å². The molecule has 2 aromatic heterocycles. The lowest BCUT2D eigenvalue weighted by Gasteiger charge is -2.31. The highest BCUT2D eigenvalue weighted by atomic mass is 16.5. The fourth-order valence-electron chi connectivity index (χ4n) is 2.69. The Labute approximate surface area is 135 Å². The first-order chi connectivity index (χ1) is 11.1. The number of aryl methyl sites for hydroxylation is 1. The van der Waals surface area contributed by atoms with Gasteiger partial charge in [-0.25, -0.2) is 4.98 Å². The van der Waals surface area contributed by atoms with Crippen LogP contribution in [0.2, 0.25) is 0 Å². The van der Waals surface area contributed by atoms with E-state index in [9.17, 15) is 4.79 Å². The van der Waals surface area contributed by atoms with Crippen LogP contribution in [0.3, 0.4) is 0 Å². The van der Waals surface area contributed by atoms with Crippen LogP contribution in [-0.2, 0) is 6.54 Å². The zero-order chi connectivity index (χ0) is 16.2. The number of carbonyl (C=O) groups excluding carboxylic acids is 1. The first-order valence-electron chi connectivity index (χ1n) is 8.03. The summed E-state index contributed by atoms with van der Waals surface area (Å²) in [5, 5.41) is 6.51. The van der Waals surface area contributed by atoms with Gasteiger partial charge in [0.15, 0.2) is 0 Å². The summed E-state index contributed by atoms with van der Waals surface area (Å²) in [5.41, 5.74) is 1.65. The van der Waals surface area contributed by atoms with Crippen molar-refractivity contribution >= 4 is 11.7 Å². The lowest BCUT2D eigenvalue weighted by atomic mass is 9.99. The van der Waals surface area contributed by atoms with Gasteiger partial charge in [-0.1, -0.05) is 18.1 Å². The van der Waals surface area contributed by atoms with E-state index < -0.39 is 0 Å². The van der Waals surface area contributed by atoms with Crippen molar-refractivity contribution in [2.24, 2.45) is 5.92 Å². The summed E-state index contributed by atoms with van der Waals surface area (Å²) in [6, 6.07) is 5.65. The Hall–Kier alpha value is -2.37. The molecule has 0 radical (unpaired) electrons. The predicted molar refractivity (Wildman–Crippen MR) is 87.3 cm³/mol. The van der Waals surface area contributed by atoms with Crippen molar-refractivity contribution in [2.75, 3.05) is 18.0 Å². The Morgan fingerprint density at radius 1 is 1.39 bits per heavy atom. The molecule has 0 saturated carbocycles. The molecular weight excluding hydrogens is 292 g/mol. The van der Waals surface area contributed by atoms with Crippen LogP contribution in [0.5, 0.6) is 0 Å². The number of carbonyl (C=O) groups is 1. The Morgan fingerprint density at radius 2 is 2.17 bits per heavy atom. The zero-order valence-corrected chi connectivity index (χ0v) is 13.6. The highest BCUT2D eigenvalue weighted by Crippen LogP contribution is 2.21. The van der Waals surface area contributed by atoms with Gasteiger partial charge in [-0.05, 0) is 37.3 Å². The van der Waals surface area contributed by atoms with Crippen LogP contribution in [0.15, 0.2) is 28.9 Å². The van der Waals surface area contributed by atoms with Crippen molar-refractivity contribution in [1.82, 2.24) is 15.5 Å². The van der Waals surface area contributed by atoms with Gasteiger partial charge in [0.1, 0.15) is 5.82 Å². The molecule has 0 aromatic carbocycles. The molecule has 0 aliphatic carbocycles. The number of pyridine rings is 1. The number of nitrogens with zero attached hydrogens (tertiary/aromatic N) is 3. The quantitative estimate of drug-likeness (QED) is 0.939. The number of hydrogen-bond donors (Lipinski definition) is 1. The third-order valence-electron chi connectivity index (χ3n) is 4.22. The molecule has 0 spiro atoms. The largest absolute Gasteiger partial charge is 0.357 e. The number of rotatable bonds is 4. The number of hydrogen-bond acceptors (Lipinski definition) is 5. The predicted octanol–water partition coefficient (Wildman–Crippen LogP) is 2.54. The SMILES string of the molecule is Cc1cc(C(=O)NCc2ccc(N3CCC(C)CC3)nc2)on1. The zero-order valence-electron chi connectivity index (χ0n) is 13.6. The second kappa shape index (κ2) is 6.81. The van der Waals surface area contributed by atoms with Crippen LogP contribution >= 0.6 is 0 Å². The third kappa shape index (κ3) is 3.88. The van der Waals surface area contributed by atoms with E-state index in [4.69, 9.17) is 4.52 Å². The maximum Gasteiger partial charge on any atom is 0.290 e. The van der Waals surface area contributed by atoms with Crippen LogP contribution in [-0.4, -0.2) is 29.1 Å². The molecule has 1 aliphatic rings. The summed E-state index contributed by atoms with van der Waals surface area (Å²) >= 11 is 0. The summed E-state index contributed by atoms with van der Waals surface area (Å²) in [6.45, 7) is 6.63. The van der Waals surface area contributed by atoms with Gasteiger partial charge in [0.25, 0.3) is 5.91 Å². The van der Waals surface area contributed by atoms with Crippen LogP contribution in [0, 0.1) is 12.8 Å². The fourth-order valence-corrected chi connectivity index (χ4v) is 2.69. The summed E-state index contributed by atoms with van der Waals surface area (Å²) < 4.78 is 4.94. The van der Waals surface area contributed by atoms with E-state index in [-0.39, 0.29) is 11.7 Å². The summed E-state index contributed by atoms with van der Waals surface area (Å²) in [7, 11) is 0. The monoisotopic (exact) mass is 314 g/mol. The minimum atomic E-state index is -0.264. The van der Waals surface area contributed by atoms with Crippen LogP contribution in [0.4, 0.5) is 5.82 Å². The van der Waals surface area contributed by atoms with Crippen molar-refractivity contribution < 1.29 is 9.32 Å². The lowest BCUT2D eigenvalue weighted by molar-refractivity contribution is 0.0914. The first-order valence-corrected chi connectivity index (χ1v) is 8.03. The van der Waals surface area contributed by atoms with Crippen LogP contribution < -0.4 is 10.2 Å². The lowest BCUT2D eigenvalue weighted by Crippen LogP contribution is -2.33. The molecule has 1 aliphatic heterocycles. The smallest absolute Gasteiger partial charge is 0.290 e.